The van der Waals surface area contributed by atoms with Crippen LogP contribution in [0.5, 0.6) is 0 Å². The summed E-state index contributed by atoms with van der Waals surface area (Å²) in [4.78, 5) is 16.5. The van der Waals surface area contributed by atoms with Gasteiger partial charge in [0.15, 0.2) is 0 Å². The number of nitrogens with zero attached hydrogens (tertiary/aromatic N) is 1. The third-order valence-electron chi connectivity index (χ3n) is 3.89. The molecule has 0 aliphatic carbocycles. The van der Waals surface area contributed by atoms with E-state index in [2.05, 4.69) is 15.6 Å². The van der Waals surface area contributed by atoms with Crippen LogP contribution in [0, 0.1) is 0 Å². The van der Waals surface area contributed by atoms with E-state index in [9.17, 15) is 4.79 Å². The molecular formula is C17H19N3O. The molecule has 0 saturated heterocycles. The fraction of sp³-hybridized carbons (Fsp3) is 0.294. The van der Waals surface area contributed by atoms with E-state index < -0.39 is 0 Å². The van der Waals surface area contributed by atoms with E-state index >= 15 is 0 Å². The monoisotopic (exact) mass is 281 g/mol. The van der Waals surface area contributed by atoms with E-state index in [1.807, 2.05) is 37.3 Å². The van der Waals surface area contributed by atoms with Crippen molar-refractivity contribution in [1.82, 2.24) is 10.3 Å². The number of carbonyl (C=O) groups excluding carboxylic acids is 1. The number of hydrogen-bond donors (Lipinski definition) is 2. The van der Waals surface area contributed by atoms with Gasteiger partial charge in [-0.3, -0.25) is 9.78 Å². The summed E-state index contributed by atoms with van der Waals surface area (Å²) in [5.41, 5.74) is 4.05. The zero-order chi connectivity index (χ0) is 14.7. The summed E-state index contributed by atoms with van der Waals surface area (Å²) in [5, 5.41) is 6.42. The van der Waals surface area contributed by atoms with Gasteiger partial charge in [-0.05, 0) is 55.2 Å². The average Bonchev–Trinajstić information content (AvgIpc) is 2.55. The van der Waals surface area contributed by atoms with Gasteiger partial charge < -0.3 is 10.6 Å². The Morgan fingerprint density at radius 2 is 2.10 bits per heavy atom. The second-order valence-electron chi connectivity index (χ2n) is 5.34. The van der Waals surface area contributed by atoms with E-state index in [-0.39, 0.29) is 11.9 Å². The van der Waals surface area contributed by atoms with Gasteiger partial charge in [0.1, 0.15) is 0 Å². The Hall–Kier alpha value is -2.36. The molecule has 1 aromatic heterocycles. The Morgan fingerprint density at radius 1 is 1.29 bits per heavy atom. The number of nitrogens with one attached hydrogen (secondary N) is 2. The molecule has 1 aliphatic rings. The predicted octanol–water partition coefficient (Wildman–Crippen LogP) is 2.93. The van der Waals surface area contributed by atoms with Gasteiger partial charge in [0.25, 0.3) is 5.91 Å². The van der Waals surface area contributed by atoms with Crippen molar-refractivity contribution in [1.29, 1.82) is 0 Å². The number of aromatic nitrogens is 1. The smallest absolute Gasteiger partial charge is 0.252 e. The number of fused-ring (bicyclic) bond motifs is 1. The van der Waals surface area contributed by atoms with E-state index in [1.54, 1.807) is 12.4 Å². The van der Waals surface area contributed by atoms with Gasteiger partial charge in [0.05, 0.1) is 6.04 Å². The van der Waals surface area contributed by atoms with Crippen molar-refractivity contribution in [2.24, 2.45) is 0 Å². The van der Waals surface area contributed by atoms with E-state index in [4.69, 9.17) is 0 Å². The minimum Gasteiger partial charge on any atom is -0.385 e. The minimum atomic E-state index is -0.0343. The van der Waals surface area contributed by atoms with Crippen LogP contribution in [0.3, 0.4) is 0 Å². The third-order valence-corrected chi connectivity index (χ3v) is 3.89. The number of carbonyl (C=O) groups is 1. The van der Waals surface area contributed by atoms with Crippen LogP contribution in [0.2, 0.25) is 0 Å². The SMILES string of the molecule is CC(NC(=O)c1cccc2c1CCCN2)c1ccncc1. The highest BCUT2D eigenvalue weighted by atomic mass is 16.1. The highest BCUT2D eigenvalue weighted by Crippen LogP contribution is 2.25. The Kier molecular flexibility index (Phi) is 3.86. The molecule has 0 radical (unpaired) electrons. The summed E-state index contributed by atoms with van der Waals surface area (Å²) >= 11 is 0. The number of pyridine rings is 1. The summed E-state index contributed by atoms with van der Waals surface area (Å²) in [6.07, 6.45) is 5.51. The summed E-state index contributed by atoms with van der Waals surface area (Å²) in [5.74, 6) is -0.0140. The zero-order valence-corrected chi connectivity index (χ0v) is 12.1. The van der Waals surface area contributed by atoms with E-state index in [1.165, 1.54) is 0 Å². The highest BCUT2D eigenvalue weighted by Gasteiger charge is 2.18. The highest BCUT2D eigenvalue weighted by molar-refractivity contribution is 5.97. The van der Waals surface area contributed by atoms with Gasteiger partial charge in [-0.2, -0.15) is 0 Å². The fourth-order valence-corrected chi connectivity index (χ4v) is 2.73. The Morgan fingerprint density at radius 3 is 2.90 bits per heavy atom. The maximum Gasteiger partial charge on any atom is 0.252 e. The van der Waals surface area contributed by atoms with Crippen LogP contribution in [0.25, 0.3) is 0 Å². The van der Waals surface area contributed by atoms with Gasteiger partial charge in [-0.25, -0.2) is 0 Å². The third kappa shape index (κ3) is 2.89. The molecule has 108 valence electrons. The topological polar surface area (TPSA) is 54.0 Å². The van der Waals surface area contributed by atoms with Gasteiger partial charge >= 0.3 is 0 Å². The Bertz CT molecular complexity index is 640. The van der Waals surface area contributed by atoms with Crippen LogP contribution in [0.1, 0.15) is 40.9 Å². The lowest BCUT2D eigenvalue weighted by molar-refractivity contribution is 0.0939. The fourth-order valence-electron chi connectivity index (χ4n) is 2.73. The molecule has 0 saturated carbocycles. The van der Waals surface area contributed by atoms with Crippen molar-refractivity contribution in [3.8, 4) is 0 Å². The zero-order valence-electron chi connectivity index (χ0n) is 12.1. The number of benzene rings is 1. The molecule has 1 aliphatic heterocycles. The molecule has 1 amide bonds. The first-order valence-electron chi connectivity index (χ1n) is 7.32. The van der Waals surface area contributed by atoms with Gasteiger partial charge in [0.2, 0.25) is 0 Å². The van der Waals surface area contributed by atoms with Gasteiger partial charge in [-0.15, -0.1) is 0 Å². The standard InChI is InChI=1S/C17H19N3O/c1-12(13-7-10-18-11-8-13)20-17(21)15-4-2-6-16-14(15)5-3-9-19-16/h2,4,6-8,10-12,19H,3,5,9H2,1H3,(H,20,21). The Balaban J connectivity index is 1.80. The van der Waals surface area contributed by atoms with Crippen LogP contribution in [0.4, 0.5) is 5.69 Å². The predicted molar refractivity (Wildman–Crippen MR) is 83.4 cm³/mol. The number of rotatable bonds is 3. The molecule has 2 N–H and O–H groups in total. The molecule has 4 heteroatoms. The molecule has 1 aromatic carbocycles. The van der Waals surface area contributed by atoms with E-state index in [0.29, 0.717) is 0 Å². The molecule has 0 bridgehead atoms. The van der Waals surface area contributed by atoms with Crippen molar-refractivity contribution in [2.45, 2.75) is 25.8 Å². The minimum absolute atomic E-state index is 0.0140. The van der Waals surface area contributed by atoms with Crippen LogP contribution in [0.15, 0.2) is 42.7 Å². The van der Waals surface area contributed by atoms with Crippen molar-refractivity contribution in [3.05, 3.63) is 59.4 Å². The molecule has 21 heavy (non-hydrogen) atoms. The lowest BCUT2D eigenvalue weighted by atomic mass is 9.97. The lowest BCUT2D eigenvalue weighted by Crippen LogP contribution is -2.28. The van der Waals surface area contributed by atoms with Crippen molar-refractivity contribution >= 4 is 11.6 Å². The van der Waals surface area contributed by atoms with Gasteiger partial charge in [0, 0.05) is 30.2 Å². The molecule has 2 heterocycles. The van der Waals surface area contributed by atoms with Crippen LogP contribution >= 0.6 is 0 Å². The Labute approximate surface area is 124 Å². The number of amides is 1. The molecule has 3 rings (SSSR count). The van der Waals surface area contributed by atoms with Gasteiger partial charge in [-0.1, -0.05) is 6.07 Å². The first kappa shape index (κ1) is 13.6. The molecule has 0 fully saturated rings. The van der Waals surface area contributed by atoms with Crippen LogP contribution < -0.4 is 10.6 Å². The van der Waals surface area contributed by atoms with Crippen molar-refractivity contribution < 1.29 is 4.79 Å². The normalized spacial score (nSPS) is 14.7. The molecule has 0 spiro atoms. The maximum atomic E-state index is 12.5. The molecule has 1 unspecified atom stereocenters. The summed E-state index contributed by atoms with van der Waals surface area (Å²) < 4.78 is 0. The molecular weight excluding hydrogens is 262 g/mol. The average molecular weight is 281 g/mol. The first-order valence-corrected chi connectivity index (χ1v) is 7.32. The summed E-state index contributed by atoms with van der Waals surface area (Å²) in [6, 6.07) is 9.69. The van der Waals surface area contributed by atoms with Crippen molar-refractivity contribution in [3.63, 3.8) is 0 Å². The first-order chi connectivity index (χ1) is 10.3. The maximum absolute atomic E-state index is 12.5. The second-order valence-corrected chi connectivity index (χ2v) is 5.34. The molecule has 1 atom stereocenters. The van der Waals surface area contributed by atoms with Crippen molar-refractivity contribution in [2.75, 3.05) is 11.9 Å². The quantitative estimate of drug-likeness (QED) is 0.909. The second kappa shape index (κ2) is 5.95. The molecule has 2 aromatic rings. The number of hydrogen-bond acceptors (Lipinski definition) is 3. The number of anilines is 1. The van der Waals surface area contributed by atoms with E-state index in [0.717, 1.165) is 41.8 Å². The molecule has 4 nitrogen and oxygen atoms in total. The largest absolute Gasteiger partial charge is 0.385 e. The summed E-state index contributed by atoms with van der Waals surface area (Å²) in [6.45, 7) is 2.96. The lowest BCUT2D eigenvalue weighted by Gasteiger charge is -2.21. The van der Waals surface area contributed by atoms with Crippen LogP contribution in [-0.4, -0.2) is 17.4 Å². The summed E-state index contributed by atoms with van der Waals surface area (Å²) in [7, 11) is 0. The van der Waals surface area contributed by atoms with Crippen LogP contribution in [-0.2, 0) is 6.42 Å².